The van der Waals surface area contributed by atoms with Crippen LogP contribution in [-0.4, -0.2) is 36.1 Å². The molecule has 0 aromatic carbocycles. The molecule has 1 rings (SSSR count). The van der Waals surface area contributed by atoms with Gasteiger partial charge in [-0.1, -0.05) is 13.8 Å². The minimum atomic E-state index is 0.600. The van der Waals surface area contributed by atoms with Gasteiger partial charge in [0.15, 0.2) is 0 Å². The number of rotatable bonds is 4. The quantitative estimate of drug-likeness (QED) is 0.770. The smallest absolute Gasteiger partial charge is 0.0221 e. The van der Waals surface area contributed by atoms with E-state index in [9.17, 15) is 0 Å². The Bertz CT molecular complexity index is 181. The van der Waals surface area contributed by atoms with Crippen molar-refractivity contribution < 1.29 is 0 Å². The van der Waals surface area contributed by atoms with Crippen molar-refractivity contribution in [2.75, 3.05) is 13.1 Å². The zero-order valence-corrected chi connectivity index (χ0v) is 11.1. The van der Waals surface area contributed by atoms with Crippen LogP contribution in [0.1, 0.15) is 47.5 Å². The van der Waals surface area contributed by atoms with E-state index in [1.165, 1.54) is 19.4 Å². The van der Waals surface area contributed by atoms with Crippen LogP contribution in [0, 0.1) is 5.92 Å². The van der Waals surface area contributed by atoms with Crippen LogP contribution in [-0.2, 0) is 0 Å². The highest BCUT2D eigenvalue weighted by Crippen LogP contribution is 2.25. The van der Waals surface area contributed by atoms with E-state index in [1.54, 1.807) is 0 Å². The fourth-order valence-corrected chi connectivity index (χ4v) is 2.72. The second-order valence-corrected chi connectivity index (χ2v) is 5.18. The molecule has 4 unspecified atom stereocenters. The lowest BCUT2D eigenvalue weighted by Gasteiger charge is -2.43. The monoisotopic (exact) mass is 212 g/mol. The normalized spacial score (nSPS) is 32.6. The van der Waals surface area contributed by atoms with Crippen LogP contribution in [0.3, 0.4) is 0 Å². The topological polar surface area (TPSA) is 15.3 Å². The maximum Gasteiger partial charge on any atom is 0.0221 e. The lowest BCUT2D eigenvalue weighted by molar-refractivity contribution is 0.0610. The third-order valence-corrected chi connectivity index (χ3v) is 4.20. The Kier molecular flexibility index (Phi) is 5.07. The molecule has 0 saturated carbocycles. The summed E-state index contributed by atoms with van der Waals surface area (Å²) in [6.45, 7) is 14.0. The van der Waals surface area contributed by atoms with Gasteiger partial charge in [0.2, 0.25) is 0 Å². The minimum absolute atomic E-state index is 0.600. The summed E-state index contributed by atoms with van der Waals surface area (Å²) in [6, 6.07) is 2.00. The zero-order valence-electron chi connectivity index (χ0n) is 11.1. The molecule has 2 nitrogen and oxygen atoms in total. The number of hydrogen-bond acceptors (Lipinski definition) is 2. The van der Waals surface area contributed by atoms with Gasteiger partial charge in [0.1, 0.15) is 0 Å². The predicted molar refractivity (Wildman–Crippen MR) is 67.2 cm³/mol. The van der Waals surface area contributed by atoms with Gasteiger partial charge in [-0.15, -0.1) is 0 Å². The molecule has 90 valence electrons. The molecule has 0 spiro atoms. The second kappa shape index (κ2) is 5.86. The van der Waals surface area contributed by atoms with E-state index in [1.807, 2.05) is 0 Å². The molecule has 1 heterocycles. The molecule has 1 fully saturated rings. The molecular weight excluding hydrogens is 184 g/mol. The molecule has 4 atom stereocenters. The predicted octanol–water partition coefficient (Wildman–Crippen LogP) is 2.49. The Morgan fingerprint density at radius 2 is 2.00 bits per heavy atom. The maximum atomic E-state index is 3.54. The van der Waals surface area contributed by atoms with Crippen molar-refractivity contribution >= 4 is 0 Å². The van der Waals surface area contributed by atoms with Crippen molar-refractivity contribution in [1.82, 2.24) is 10.2 Å². The van der Waals surface area contributed by atoms with Crippen LogP contribution in [0.25, 0.3) is 0 Å². The standard InChI is InChI=1S/C13H28N2/c1-6-14-11(3)13(5)15-9-7-8-10(2)12(15)4/h10-14H,6-9H2,1-5H3. The molecule has 0 aromatic rings. The van der Waals surface area contributed by atoms with E-state index in [4.69, 9.17) is 0 Å². The molecule has 0 aliphatic carbocycles. The highest BCUT2D eigenvalue weighted by Gasteiger charge is 2.30. The van der Waals surface area contributed by atoms with E-state index in [-0.39, 0.29) is 0 Å². The number of likely N-dealkylation sites (tertiary alicyclic amines) is 1. The molecule has 2 heteroatoms. The number of nitrogens with one attached hydrogen (secondary N) is 1. The number of hydrogen-bond donors (Lipinski definition) is 1. The van der Waals surface area contributed by atoms with Gasteiger partial charge in [-0.25, -0.2) is 0 Å². The van der Waals surface area contributed by atoms with Crippen molar-refractivity contribution in [2.24, 2.45) is 5.92 Å². The first-order chi connectivity index (χ1) is 7.07. The molecule has 1 saturated heterocycles. The van der Waals surface area contributed by atoms with Crippen molar-refractivity contribution in [3.8, 4) is 0 Å². The SMILES string of the molecule is CCNC(C)C(C)N1CCCC(C)C1C. The summed E-state index contributed by atoms with van der Waals surface area (Å²) in [4.78, 5) is 2.68. The number of likely N-dealkylation sites (N-methyl/N-ethyl adjacent to an activating group) is 1. The van der Waals surface area contributed by atoms with Crippen LogP contribution < -0.4 is 5.32 Å². The van der Waals surface area contributed by atoms with Gasteiger partial charge >= 0.3 is 0 Å². The van der Waals surface area contributed by atoms with Crippen molar-refractivity contribution in [1.29, 1.82) is 0 Å². The third kappa shape index (κ3) is 3.18. The highest BCUT2D eigenvalue weighted by molar-refractivity contribution is 4.86. The molecule has 15 heavy (non-hydrogen) atoms. The van der Waals surface area contributed by atoms with Crippen molar-refractivity contribution in [3.05, 3.63) is 0 Å². The van der Waals surface area contributed by atoms with Gasteiger partial charge in [0, 0.05) is 18.1 Å². The van der Waals surface area contributed by atoms with E-state index < -0.39 is 0 Å². The van der Waals surface area contributed by atoms with Gasteiger partial charge < -0.3 is 5.32 Å². The average Bonchev–Trinajstić information content (AvgIpc) is 2.21. The minimum Gasteiger partial charge on any atom is -0.313 e. The molecule has 1 aliphatic heterocycles. The summed E-state index contributed by atoms with van der Waals surface area (Å²) in [7, 11) is 0. The fourth-order valence-electron chi connectivity index (χ4n) is 2.72. The highest BCUT2D eigenvalue weighted by atomic mass is 15.2. The van der Waals surface area contributed by atoms with E-state index in [0.717, 1.165) is 18.5 Å². The lowest BCUT2D eigenvalue weighted by atomic mass is 9.90. The molecule has 1 N–H and O–H groups in total. The van der Waals surface area contributed by atoms with Crippen molar-refractivity contribution in [2.45, 2.75) is 65.6 Å². The van der Waals surface area contributed by atoms with Crippen LogP contribution >= 0.6 is 0 Å². The largest absolute Gasteiger partial charge is 0.313 e. The van der Waals surface area contributed by atoms with Crippen molar-refractivity contribution in [3.63, 3.8) is 0 Å². The molecule has 1 aliphatic rings. The van der Waals surface area contributed by atoms with Gasteiger partial charge in [-0.2, -0.15) is 0 Å². The van der Waals surface area contributed by atoms with Crippen LogP contribution in [0.2, 0.25) is 0 Å². The summed E-state index contributed by atoms with van der Waals surface area (Å²) in [6.07, 6.45) is 2.77. The first-order valence-electron chi connectivity index (χ1n) is 6.57. The maximum absolute atomic E-state index is 3.54. The van der Waals surface area contributed by atoms with Gasteiger partial charge in [-0.3, -0.25) is 4.90 Å². The van der Waals surface area contributed by atoms with E-state index in [2.05, 4.69) is 44.8 Å². The first-order valence-corrected chi connectivity index (χ1v) is 6.57. The van der Waals surface area contributed by atoms with E-state index in [0.29, 0.717) is 12.1 Å². The lowest BCUT2D eigenvalue weighted by Crippen LogP contribution is -2.54. The Hall–Kier alpha value is -0.0800. The Morgan fingerprint density at radius 3 is 2.60 bits per heavy atom. The summed E-state index contributed by atoms with van der Waals surface area (Å²) in [5.74, 6) is 0.857. The summed E-state index contributed by atoms with van der Waals surface area (Å²) in [5.41, 5.74) is 0. The number of piperidine rings is 1. The molecule has 0 amide bonds. The first kappa shape index (κ1) is 13.0. The zero-order chi connectivity index (χ0) is 11.4. The average molecular weight is 212 g/mol. The summed E-state index contributed by atoms with van der Waals surface area (Å²) in [5, 5.41) is 3.54. The van der Waals surface area contributed by atoms with Crippen LogP contribution in [0.15, 0.2) is 0 Å². The molecule has 0 bridgehead atoms. The Labute approximate surface area is 95.4 Å². The van der Waals surface area contributed by atoms with Gasteiger partial charge in [0.05, 0.1) is 0 Å². The number of nitrogens with zero attached hydrogens (tertiary/aromatic N) is 1. The third-order valence-electron chi connectivity index (χ3n) is 4.20. The summed E-state index contributed by atoms with van der Waals surface area (Å²) < 4.78 is 0. The Morgan fingerprint density at radius 1 is 1.33 bits per heavy atom. The molecule has 0 aromatic heterocycles. The Balaban J connectivity index is 2.53. The second-order valence-electron chi connectivity index (χ2n) is 5.18. The van der Waals surface area contributed by atoms with Crippen LogP contribution in [0.5, 0.6) is 0 Å². The summed E-state index contributed by atoms with van der Waals surface area (Å²) >= 11 is 0. The van der Waals surface area contributed by atoms with Gasteiger partial charge in [-0.05, 0) is 52.6 Å². The molecule has 0 radical (unpaired) electrons. The fraction of sp³-hybridized carbons (Fsp3) is 1.00. The van der Waals surface area contributed by atoms with Crippen LogP contribution in [0.4, 0.5) is 0 Å². The van der Waals surface area contributed by atoms with E-state index >= 15 is 0 Å². The molecular formula is C13H28N2. The van der Waals surface area contributed by atoms with Gasteiger partial charge in [0.25, 0.3) is 0 Å².